The second-order valence-electron chi connectivity index (χ2n) is 5.42. The normalized spacial score (nSPS) is 12.5. The molecule has 128 valence electrons. The van der Waals surface area contributed by atoms with Gasteiger partial charge in [0.15, 0.2) is 0 Å². The van der Waals surface area contributed by atoms with Gasteiger partial charge in [-0.15, -0.1) is 0 Å². The SMILES string of the molecule is CCC(C)NC(=O)c1ccc(S(=O)(=O)Nc2cccc(F)c2)cc1. The molecule has 2 rings (SSSR count). The Morgan fingerprint density at radius 2 is 1.83 bits per heavy atom. The lowest BCUT2D eigenvalue weighted by atomic mass is 10.2. The highest BCUT2D eigenvalue weighted by Gasteiger charge is 2.16. The summed E-state index contributed by atoms with van der Waals surface area (Å²) in [5, 5.41) is 2.80. The smallest absolute Gasteiger partial charge is 0.261 e. The zero-order valence-electron chi connectivity index (χ0n) is 13.4. The Bertz CT molecular complexity index is 820. The minimum absolute atomic E-state index is 0.00755. The van der Waals surface area contributed by atoms with Crippen LogP contribution < -0.4 is 10.0 Å². The number of hydrogen-bond donors (Lipinski definition) is 2. The van der Waals surface area contributed by atoms with Crippen LogP contribution in [0.4, 0.5) is 10.1 Å². The van der Waals surface area contributed by atoms with Crippen molar-refractivity contribution in [1.29, 1.82) is 0 Å². The van der Waals surface area contributed by atoms with Gasteiger partial charge in [-0.3, -0.25) is 9.52 Å². The Morgan fingerprint density at radius 3 is 2.42 bits per heavy atom. The maximum Gasteiger partial charge on any atom is 0.261 e. The monoisotopic (exact) mass is 350 g/mol. The van der Waals surface area contributed by atoms with Crippen LogP contribution in [-0.4, -0.2) is 20.4 Å². The lowest BCUT2D eigenvalue weighted by Gasteiger charge is -2.12. The van der Waals surface area contributed by atoms with Crippen molar-refractivity contribution in [3.63, 3.8) is 0 Å². The van der Waals surface area contributed by atoms with E-state index in [1.54, 1.807) is 0 Å². The van der Waals surface area contributed by atoms with Crippen molar-refractivity contribution in [2.24, 2.45) is 0 Å². The molecule has 0 spiro atoms. The molecule has 1 amide bonds. The number of carbonyl (C=O) groups is 1. The lowest BCUT2D eigenvalue weighted by molar-refractivity contribution is 0.0939. The average Bonchev–Trinajstić information content (AvgIpc) is 2.54. The van der Waals surface area contributed by atoms with E-state index in [-0.39, 0.29) is 22.5 Å². The van der Waals surface area contributed by atoms with Crippen LogP contribution in [0, 0.1) is 5.82 Å². The van der Waals surface area contributed by atoms with Crippen molar-refractivity contribution in [3.05, 3.63) is 59.9 Å². The second-order valence-corrected chi connectivity index (χ2v) is 7.11. The number of carbonyl (C=O) groups excluding carboxylic acids is 1. The van der Waals surface area contributed by atoms with Crippen molar-refractivity contribution in [2.45, 2.75) is 31.2 Å². The number of anilines is 1. The molecule has 2 N–H and O–H groups in total. The van der Waals surface area contributed by atoms with Gasteiger partial charge in [0, 0.05) is 11.6 Å². The first kappa shape index (κ1) is 17.9. The van der Waals surface area contributed by atoms with E-state index in [0.717, 1.165) is 12.5 Å². The number of halogens is 1. The molecule has 5 nitrogen and oxygen atoms in total. The van der Waals surface area contributed by atoms with Crippen molar-refractivity contribution in [3.8, 4) is 0 Å². The topological polar surface area (TPSA) is 75.3 Å². The summed E-state index contributed by atoms with van der Waals surface area (Å²) in [6.45, 7) is 3.85. The summed E-state index contributed by atoms with van der Waals surface area (Å²) in [7, 11) is -3.85. The van der Waals surface area contributed by atoms with Crippen LogP contribution >= 0.6 is 0 Å². The highest BCUT2D eigenvalue weighted by molar-refractivity contribution is 7.92. The molecule has 0 aliphatic rings. The van der Waals surface area contributed by atoms with Gasteiger partial charge in [-0.25, -0.2) is 12.8 Å². The van der Waals surface area contributed by atoms with E-state index < -0.39 is 15.8 Å². The molecular formula is C17H19FN2O3S. The molecule has 24 heavy (non-hydrogen) atoms. The fourth-order valence-corrected chi connectivity index (χ4v) is 3.01. The quantitative estimate of drug-likeness (QED) is 0.840. The number of sulfonamides is 1. The molecule has 0 saturated heterocycles. The molecule has 0 radical (unpaired) electrons. The van der Waals surface area contributed by atoms with Crippen LogP contribution in [0.25, 0.3) is 0 Å². The Kier molecular flexibility index (Phi) is 5.56. The van der Waals surface area contributed by atoms with Crippen molar-refractivity contribution < 1.29 is 17.6 Å². The van der Waals surface area contributed by atoms with Gasteiger partial charge >= 0.3 is 0 Å². The molecule has 2 aromatic carbocycles. The van der Waals surface area contributed by atoms with Crippen LogP contribution in [0.5, 0.6) is 0 Å². The Morgan fingerprint density at radius 1 is 1.17 bits per heavy atom. The van der Waals surface area contributed by atoms with Gasteiger partial charge in [0.2, 0.25) is 0 Å². The van der Waals surface area contributed by atoms with Crippen LogP contribution in [-0.2, 0) is 10.0 Å². The summed E-state index contributed by atoms with van der Waals surface area (Å²) in [5.74, 6) is -0.793. The van der Waals surface area contributed by atoms with Gasteiger partial charge in [0.25, 0.3) is 15.9 Å². The third-order valence-electron chi connectivity index (χ3n) is 3.49. The number of rotatable bonds is 6. The van der Waals surface area contributed by atoms with E-state index >= 15 is 0 Å². The molecule has 2 aromatic rings. The van der Waals surface area contributed by atoms with Gasteiger partial charge in [0.05, 0.1) is 10.6 Å². The molecule has 0 aliphatic carbocycles. The molecule has 0 fully saturated rings. The summed E-state index contributed by atoms with van der Waals surface area (Å²) in [6, 6.07) is 10.8. The van der Waals surface area contributed by atoms with Gasteiger partial charge in [-0.05, 0) is 55.8 Å². The van der Waals surface area contributed by atoms with Crippen molar-refractivity contribution in [2.75, 3.05) is 4.72 Å². The molecule has 7 heteroatoms. The number of nitrogens with one attached hydrogen (secondary N) is 2. The average molecular weight is 350 g/mol. The zero-order valence-corrected chi connectivity index (χ0v) is 14.2. The first-order chi connectivity index (χ1) is 11.3. The van der Waals surface area contributed by atoms with Crippen LogP contribution in [0.15, 0.2) is 53.4 Å². The van der Waals surface area contributed by atoms with Gasteiger partial charge in [-0.2, -0.15) is 0 Å². The van der Waals surface area contributed by atoms with Gasteiger partial charge < -0.3 is 5.32 Å². The van der Waals surface area contributed by atoms with E-state index in [1.165, 1.54) is 42.5 Å². The Labute approximate surface area is 141 Å². The predicted octanol–water partition coefficient (Wildman–Crippen LogP) is 3.15. The molecule has 0 aliphatic heterocycles. The molecule has 0 heterocycles. The van der Waals surface area contributed by atoms with Crippen LogP contribution in [0.2, 0.25) is 0 Å². The minimum Gasteiger partial charge on any atom is -0.350 e. The summed E-state index contributed by atoms with van der Waals surface area (Å²) < 4.78 is 40.0. The summed E-state index contributed by atoms with van der Waals surface area (Å²) in [5.41, 5.74) is 0.508. The zero-order chi connectivity index (χ0) is 17.7. The molecule has 1 atom stereocenters. The van der Waals surface area contributed by atoms with Gasteiger partial charge in [-0.1, -0.05) is 13.0 Å². The van der Waals surface area contributed by atoms with E-state index in [2.05, 4.69) is 10.0 Å². The standard InChI is InChI=1S/C17H19FN2O3S/c1-3-12(2)19-17(21)13-7-9-16(10-8-13)24(22,23)20-15-6-4-5-14(18)11-15/h4-12,20H,3H2,1-2H3,(H,19,21). The molecule has 0 saturated carbocycles. The van der Waals surface area contributed by atoms with Gasteiger partial charge in [0.1, 0.15) is 5.82 Å². The maximum absolute atomic E-state index is 13.1. The number of benzene rings is 2. The lowest BCUT2D eigenvalue weighted by Crippen LogP contribution is -2.31. The fraction of sp³-hybridized carbons (Fsp3) is 0.235. The van der Waals surface area contributed by atoms with E-state index in [0.29, 0.717) is 5.56 Å². The van der Waals surface area contributed by atoms with E-state index in [4.69, 9.17) is 0 Å². The largest absolute Gasteiger partial charge is 0.350 e. The summed E-state index contributed by atoms with van der Waals surface area (Å²) >= 11 is 0. The third-order valence-corrected chi connectivity index (χ3v) is 4.89. The molecular weight excluding hydrogens is 331 g/mol. The maximum atomic E-state index is 13.1. The molecule has 0 aromatic heterocycles. The minimum atomic E-state index is -3.85. The van der Waals surface area contributed by atoms with Crippen molar-refractivity contribution >= 4 is 21.6 Å². The highest BCUT2D eigenvalue weighted by atomic mass is 32.2. The second kappa shape index (κ2) is 7.44. The van der Waals surface area contributed by atoms with Crippen molar-refractivity contribution in [1.82, 2.24) is 5.32 Å². The van der Waals surface area contributed by atoms with E-state index in [9.17, 15) is 17.6 Å². The van der Waals surface area contributed by atoms with E-state index in [1.807, 2.05) is 13.8 Å². The Hall–Kier alpha value is -2.41. The molecule has 1 unspecified atom stereocenters. The third kappa shape index (κ3) is 4.55. The Balaban J connectivity index is 2.15. The first-order valence-electron chi connectivity index (χ1n) is 7.51. The first-order valence-corrected chi connectivity index (χ1v) is 8.99. The highest BCUT2D eigenvalue weighted by Crippen LogP contribution is 2.17. The van der Waals surface area contributed by atoms with Crippen LogP contribution in [0.1, 0.15) is 30.6 Å². The van der Waals surface area contributed by atoms with Crippen LogP contribution in [0.3, 0.4) is 0 Å². The summed E-state index contributed by atoms with van der Waals surface area (Å²) in [4.78, 5) is 12.0. The fourth-order valence-electron chi connectivity index (χ4n) is 1.96. The number of amides is 1. The summed E-state index contributed by atoms with van der Waals surface area (Å²) in [6.07, 6.45) is 0.801. The number of hydrogen-bond acceptors (Lipinski definition) is 3. The molecule has 0 bridgehead atoms. The predicted molar refractivity (Wildman–Crippen MR) is 90.9 cm³/mol.